The molecule has 166 valence electrons. The standard InChI is InChI=1S/C21H32N4O5/c1-12(2)17(22)19(27)25-18(13(3)4)20(28)23-11-16(26)24-15(21(29)30)10-14-8-6-5-7-9-14/h5-9,12-13,15,17-18H,10-11,22H2,1-4H3,(H,23,28)(H,24,26)(H,25,27)(H,29,30). The van der Waals surface area contributed by atoms with Gasteiger partial charge in [-0.25, -0.2) is 4.79 Å². The molecule has 0 saturated heterocycles. The molecule has 0 aromatic heterocycles. The summed E-state index contributed by atoms with van der Waals surface area (Å²) in [6, 6.07) is 6.16. The van der Waals surface area contributed by atoms with Crippen molar-refractivity contribution in [1.29, 1.82) is 0 Å². The van der Waals surface area contributed by atoms with E-state index in [2.05, 4.69) is 16.0 Å². The molecule has 9 nitrogen and oxygen atoms in total. The molecule has 30 heavy (non-hydrogen) atoms. The molecule has 1 aromatic rings. The maximum atomic E-state index is 12.5. The van der Waals surface area contributed by atoms with Crippen LogP contribution < -0.4 is 21.7 Å². The zero-order valence-electron chi connectivity index (χ0n) is 17.8. The second-order valence-corrected chi connectivity index (χ2v) is 7.87. The van der Waals surface area contributed by atoms with Crippen LogP contribution >= 0.6 is 0 Å². The third-order valence-corrected chi connectivity index (χ3v) is 4.61. The van der Waals surface area contributed by atoms with Gasteiger partial charge < -0.3 is 26.8 Å². The van der Waals surface area contributed by atoms with Gasteiger partial charge in [-0.05, 0) is 17.4 Å². The number of hydrogen-bond acceptors (Lipinski definition) is 5. The molecule has 0 bridgehead atoms. The first kappa shape index (κ1) is 25.1. The molecule has 0 heterocycles. The van der Waals surface area contributed by atoms with Gasteiger partial charge in [0.25, 0.3) is 0 Å². The lowest BCUT2D eigenvalue weighted by molar-refractivity contribution is -0.141. The van der Waals surface area contributed by atoms with Gasteiger partial charge in [0.1, 0.15) is 12.1 Å². The maximum Gasteiger partial charge on any atom is 0.326 e. The van der Waals surface area contributed by atoms with E-state index in [1.54, 1.807) is 52.0 Å². The fourth-order valence-corrected chi connectivity index (χ4v) is 2.66. The third-order valence-electron chi connectivity index (χ3n) is 4.61. The van der Waals surface area contributed by atoms with Gasteiger partial charge in [0.2, 0.25) is 17.7 Å². The summed E-state index contributed by atoms with van der Waals surface area (Å²) in [5.41, 5.74) is 6.58. The van der Waals surface area contributed by atoms with Gasteiger partial charge in [-0.1, -0.05) is 58.0 Å². The Kier molecular flexibility index (Phi) is 9.97. The molecule has 3 unspecified atom stereocenters. The molecule has 0 aliphatic rings. The summed E-state index contributed by atoms with van der Waals surface area (Å²) in [6.45, 7) is 6.70. The summed E-state index contributed by atoms with van der Waals surface area (Å²) in [5, 5.41) is 16.8. The van der Waals surface area contributed by atoms with Gasteiger partial charge in [0.15, 0.2) is 0 Å². The minimum absolute atomic E-state index is 0.0933. The Hall–Kier alpha value is -2.94. The first-order valence-electron chi connectivity index (χ1n) is 9.92. The van der Waals surface area contributed by atoms with Crippen LogP contribution in [0.5, 0.6) is 0 Å². The Morgan fingerprint density at radius 2 is 1.53 bits per heavy atom. The van der Waals surface area contributed by atoms with Crippen LogP contribution in [-0.2, 0) is 25.6 Å². The van der Waals surface area contributed by atoms with E-state index >= 15 is 0 Å². The second-order valence-electron chi connectivity index (χ2n) is 7.87. The van der Waals surface area contributed by atoms with Crippen molar-refractivity contribution >= 4 is 23.7 Å². The van der Waals surface area contributed by atoms with Crippen molar-refractivity contribution in [3.8, 4) is 0 Å². The monoisotopic (exact) mass is 420 g/mol. The quantitative estimate of drug-likeness (QED) is 0.341. The molecule has 3 amide bonds. The Bertz CT molecular complexity index is 736. The molecule has 0 saturated carbocycles. The highest BCUT2D eigenvalue weighted by molar-refractivity contribution is 5.92. The van der Waals surface area contributed by atoms with Crippen molar-refractivity contribution in [3.63, 3.8) is 0 Å². The largest absolute Gasteiger partial charge is 0.480 e. The molecule has 0 spiro atoms. The fourth-order valence-electron chi connectivity index (χ4n) is 2.66. The highest BCUT2D eigenvalue weighted by Gasteiger charge is 2.28. The lowest BCUT2D eigenvalue weighted by Gasteiger charge is -2.24. The molecule has 0 aliphatic carbocycles. The van der Waals surface area contributed by atoms with Crippen molar-refractivity contribution in [2.45, 2.75) is 52.2 Å². The summed E-state index contributed by atoms with van der Waals surface area (Å²) < 4.78 is 0. The molecular formula is C21H32N4O5. The van der Waals surface area contributed by atoms with E-state index in [1.807, 2.05) is 6.07 Å². The average molecular weight is 421 g/mol. The Morgan fingerprint density at radius 3 is 2.03 bits per heavy atom. The van der Waals surface area contributed by atoms with Crippen molar-refractivity contribution in [3.05, 3.63) is 35.9 Å². The fraction of sp³-hybridized carbons (Fsp3) is 0.524. The number of carboxylic acid groups (broad SMARTS) is 1. The topological polar surface area (TPSA) is 151 Å². The van der Waals surface area contributed by atoms with Crippen LogP contribution in [0.1, 0.15) is 33.3 Å². The van der Waals surface area contributed by atoms with Crippen LogP contribution in [0.2, 0.25) is 0 Å². The summed E-state index contributed by atoms with van der Waals surface area (Å²) in [5.74, 6) is -3.13. The number of hydrogen-bond donors (Lipinski definition) is 5. The minimum Gasteiger partial charge on any atom is -0.480 e. The van der Waals surface area contributed by atoms with E-state index < -0.39 is 48.4 Å². The van der Waals surface area contributed by atoms with E-state index in [0.717, 1.165) is 5.56 Å². The predicted molar refractivity (Wildman–Crippen MR) is 112 cm³/mol. The zero-order valence-corrected chi connectivity index (χ0v) is 17.8. The van der Waals surface area contributed by atoms with Crippen molar-refractivity contribution in [2.24, 2.45) is 17.6 Å². The van der Waals surface area contributed by atoms with Crippen LogP contribution in [-0.4, -0.2) is 53.5 Å². The number of amides is 3. The summed E-state index contributed by atoms with van der Waals surface area (Å²) in [7, 11) is 0. The number of carbonyl (C=O) groups excluding carboxylic acids is 3. The van der Waals surface area contributed by atoms with Gasteiger partial charge >= 0.3 is 5.97 Å². The summed E-state index contributed by atoms with van der Waals surface area (Å²) >= 11 is 0. The van der Waals surface area contributed by atoms with Gasteiger partial charge in [0.05, 0.1) is 12.6 Å². The number of carboxylic acids is 1. The number of aliphatic carboxylic acids is 1. The molecule has 0 radical (unpaired) electrons. The summed E-state index contributed by atoms with van der Waals surface area (Å²) in [4.78, 5) is 48.3. The minimum atomic E-state index is -1.17. The molecule has 1 aromatic carbocycles. The number of benzene rings is 1. The van der Waals surface area contributed by atoms with Crippen LogP contribution in [0.25, 0.3) is 0 Å². The Balaban J connectivity index is 2.64. The zero-order chi connectivity index (χ0) is 22.8. The smallest absolute Gasteiger partial charge is 0.326 e. The summed E-state index contributed by atoms with van der Waals surface area (Å²) in [6.07, 6.45) is 0.119. The Labute approximate surface area is 176 Å². The lowest BCUT2D eigenvalue weighted by atomic mass is 10.0. The lowest BCUT2D eigenvalue weighted by Crippen LogP contribution is -2.56. The van der Waals surface area contributed by atoms with Gasteiger partial charge in [-0.15, -0.1) is 0 Å². The van der Waals surface area contributed by atoms with Crippen LogP contribution in [0.4, 0.5) is 0 Å². The van der Waals surface area contributed by atoms with E-state index in [9.17, 15) is 24.3 Å². The highest BCUT2D eigenvalue weighted by Crippen LogP contribution is 2.05. The van der Waals surface area contributed by atoms with E-state index in [-0.39, 0.29) is 18.3 Å². The molecule has 9 heteroatoms. The van der Waals surface area contributed by atoms with Gasteiger partial charge in [0, 0.05) is 6.42 Å². The molecule has 0 fully saturated rings. The third kappa shape index (κ3) is 8.20. The number of nitrogens with two attached hydrogens (primary N) is 1. The van der Waals surface area contributed by atoms with E-state index in [0.29, 0.717) is 0 Å². The maximum absolute atomic E-state index is 12.5. The normalized spacial score (nSPS) is 14.0. The molecule has 3 atom stereocenters. The van der Waals surface area contributed by atoms with Crippen LogP contribution in [0.3, 0.4) is 0 Å². The predicted octanol–water partition coefficient (Wildman–Crippen LogP) is 0.0388. The Morgan fingerprint density at radius 1 is 0.933 bits per heavy atom. The molecule has 6 N–H and O–H groups in total. The number of nitrogens with one attached hydrogen (secondary N) is 3. The van der Waals surface area contributed by atoms with Crippen molar-refractivity contribution < 1.29 is 24.3 Å². The van der Waals surface area contributed by atoms with Crippen LogP contribution in [0, 0.1) is 11.8 Å². The highest BCUT2D eigenvalue weighted by atomic mass is 16.4. The number of rotatable bonds is 11. The molecular weight excluding hydrogens is 388 g/mol. The molecule has 0 aliphatic heterocycles. The van der Waals surface area contributed by atoms with E-state index in [1.165, 1.54) is 0 Å². The van der Waals surface area contributed by atoms with Crippen molar-refractivity contribution in [2.75, 3.05) is 6.54 Å². The molecule has 1 rings (SSSR count). The second kappa shape index (κ2) is 11.9. The number of carbonyl (C=O) groups is 4. The SMILES string of the molecule is CC(C)C(N)C(=O)NC(C(=O)NCC(=O)NC(Cc1ccccc1)C(=O)O)C(C)C. The van der Waals surface area contributed by atoms with Gasteiger partial charge in [-0.3, -0.25) is 14.4 Å². The average Bonchev–Trinajstić information content (AvgIpc) is 2.69. The van der Waals surface area contributed by atoms with Crippen LogP contribution in [0.15, 0.2) is 30.3 Å². The van der Waals surface area contributed by atoms with Gasteiger partial charge in [-0.2, -0.15) is 0 Å². The first-order valence-corrected chi connectivity index (χ1v) is 9.92. The first-order chi connectivity index (χ1) is 14.0. The van der Waals surface area contributed by atoms with Crippen molar-refractivity contribution in [1.82, 2.24) is 16.0 Å². The van der Waals surface area contributed by atoms with E-state index in [4.69, 9.17) is 5.73 Å².